The molecule has 1 heterocycles. The van der Waals surface area contributed by atoms with Crippen LogP contribution in [0.5, 0.6) is 5.75 Å². The summed E-state index contributed by atoms with van der Waals surface area (Å²) in [6, 6.07) is 15.5. The summed E-state index contributed by atoms with van der Waals surface area (Å²) < 4.78 is 5.47. The zero-order valence-electron chi connectivity index (χ0n) is 17.3. The van der Waals surface area contributed by atoms with Gasteiger partial charge in [0.2, 0.25) is 0 Å². The van der Waals surface area contributed by atoms with Gasteiger partial charge in [0.1, 0.15) is 18.1 Å². The fourth-order valence-electron chi connectivity index (χ4n) is 3.46. The Morgan fingerprint density at radius 2 is 1.80 bits per heavy atom. The summed E-state index contributed by atoms with van der Waals surface area (Å²) in [4.78, 5) is 28.4. The number of hydrogen-bond acceptors (Lipinski definition) is 4. The van der Waals surface area contributed by atoms with Crippen LogP contribution in [0.15, 0.2) is 72.8 Å². The number of carbonyl (C=O) groups is 2. The first-order chi connectivity index (χ1) is 14.4. The molecule has 1 atom stereocenters. The van der Waals surface area contributed by atoms with Gasteiger partial charge < -0.3 is 19.6 Å². The van der Waals surface area contributed by atoms with E-state index in [1.54, 1.807) is 35.2 Å². The van der Waals surface area contributed by atoms with Crippen molar-refractivity contribution in [2.24, 2.45) is 0 Å². The smallest absolute Gasteiger partial charge is 0.295 e. The van der Waals surface area contributed by atoms with Crippen molar-refractivity contribution in [2.75, 3.05) is 33.8 Å². The summed E-state index contributed by atoms with van der Waals surface area (Å²) in [5.41, 5.74) is 1.36. The maximum Gasteiger partial charge on any atom is 0.295 e. The highest BCUT2D eigenvalue weighted by atomic mass is 16.5. The van der Waals surface area contributed by atoms with Gasteiger partial charge in [-0.25, -0.2) is 0 Å². The van der Waals surface area contributed by atoms with Gasteiger partial charge in [-0.1, -0.05) is 43.0 Å². The summed E-state index contributed by atoms with van der Waals surface area (Å²) in [5.74, 6) is -0.808. The van der Waals surface area contributed by atoms with Gasteiger partial charge in [-0.15, -0.1) is 0 Å². The van der Waals surface area contributed by atoms with Gasteiger partial charge >= 0.3 is 0 Å². The van der Waals surface area contributed by atoms with Gasteiger partial charge in [0.25, 0.3) is 11.7 Å². The molecule has 2 aromatic carbocycles. The Kier molecular flexibility index (Phi) is 6.69. The van der Waals surface area contributed by atoms with Gasteiger partial charge in [0.15, 0.2) is 0 Å². The predicted octanol–water partition coefficient (Wildman–Crippen LogP) is 1.82. The molecule has 156 valence electrons. The van der Waals surface area contributed by atoms with E-state index in [2.05, 4.69) is 6.58 Å². The Labute approximate surface area is 176 Å². The number of ketones is 1. The third-order valence-corrected chi connectivity index (χ3v) is 5.00. The van der Waals surface area contributed by atoms with Gasteiger partial charge in [-0.3, -0.25) is 9.59 Å². The molecule has 30 heavy (non-hydrogen) atoms. The molecule has 0 unspecified atom stereocenters. The molecule has 0 aliphatic carbocycles. The predicted molar refractivity (Wildman–Crippen MR) is 115 cm³/mol. The zero-order valence-corrected chi connectivity index (χ0v) is 17.3. The second-order valence-electron chi connectivity index (χ2n) is 7.48. The molecule has 0 radical (unpaired) electrons. The number of nitrogens with zero attached hydrogens (tertiary/aromatic N) is 1. The number of aliphatic hydroxyl groups excluding tert-OH is 1. The summed E-state index contributed by atoms with van der Waals surface area (Å²) in [7, 11) is 3.98. The Morgan fingerprint density at radius 3 is 2.40 bits per heavy atom. The lowest BCUT2D eigenvalue weighted by Crippen LogP contribution is -3.06. The monoisotopic (exact) mass is 407 g/mol. The first-order valence-corrected chi connectivity index (χ1v) is 9.90. The lowest BCUT2D eigenvalue weighted by atomic mass is 9.95. The molecule has 1 fully saturated rings. The molecule has 0 bridgehead atoms. The fraction of sp³-hybridized carbons (Fsp3) is 0.250. The average molecular weight is 407 g/mol. The lowest BCUT2D eigenvalue weighted by molar-refractivity contribution is -0.857. The SMILES string of the molecule is C=CCOc1ccc(C(O)=C2C(=O)C(=O)N(CC[NH+](C)C)[C@H]2c2ccccc2)cc1. The van der Waals surface area contributed by atoms with E-state index < -0.39 is 17.7 Å². The Bertz CT molecular complexity index is 949. The molecule has 1 saturated heterocycles. The first kappa shape index (κ1) is 21.3. The zero-order chi connectivity index (χ0) is 21.7. The van der Waals surface area contributed by atoms with Crippen LogP contribution >= 0.6 is 0 Å². The molecular weight excluding hydrogens is 380 g/mol. The van der Waals surface area contributed by atoms with Crippen molar-refractivity contribution in [3.8, 4) is 5.75 Å². The van der Waals surface area contributed by atoms with Crippen LogP contribution in [0.4, 0.5) is 0 Å². The molecule has 1 aliphatic rings. The number of amides is 1. The highest BCUT2D eigenvalue weighted by molar-refractivity contribution is 6.46. The molecule has 2 N–H and O–H groups in total. The van der Waals surface area contributed by atoms with E-state index in [0.29, 0.717) is 31.0 Å². The van der Waals surface area contributed by atoms with Gasteiger partial charge in [0, 0.05) is 5.56 Å². The minimum absolute atomic E-state index is 0.111. The van der Waals surface area contributed by atoms with Crippen LogP contribution in [0.3, 0.4) is 0 Å². The minimum Gasteiger partial charge on any atom is -0.507 e. The quantitative estimate of drug-likeness (QED) is 0.303. The number of quaternary nitrogens is 1. The summed E-state index contributed by atoms with van der Waals surface area (Å²) in [5, 5.41) is 11.0. The van der Waals surface area contributed by atoms with E-state index in [9.17, 15) is 14.7 Å². The van der Waals surface area contributed by atoms with Crippen molar-refractivity contribution in [3.05, 3.63) is 84.0 Å². The second-order valence-corrected chi connectivity index (χ2v) is 7.48. The number of benzene rings is 2. The molecule has 1 aliphatic heterocycles. The number of ether oxygens (including phenoxy) is 1. The van der Waals surface area contributed by atoms with Crippen LogP contribution in [0.1, 0.15) is 17.2 Å². The van der Waals surface area contributed by atoms with Crippen molar-refractivity contribution in [2.45, 2.75) is 6.04 Å². The maximum atomic E-state index is 12.9. The number of nitrogens with one attached hydrogen (secondary N) is 1. The Hall–Kier alpha value is -3.38. The van der Waals surface area contributed by atoms with Crippen LogP contribution in [0.25, 0.3) is 5.76 Å². The molecule has 3 rings (SSSR count). The van der Waals surface area contributed by atoms with Crippen LogP contribution in [0, 0.1) is 0 Å². The molecule has 0 aromatic heterocycles. The van der Waals surface area contributed by atoms with Gasteiger partial charge in [-0.2, -0.15) is 0 Å². The number of aliphatic hydroxyl groups is 1. The molecule has 6 nitrogen and oxygen atoms in total. The molecule has 1 amide bonds. The third kappa shape index (κ3) is 4.44. The normalized spacial score (nSPS) is 18.1. The highest BCUT2D eigenvalue weighted by Crippen LogP contribution is 2.39. The van der Waals surface area contributed by atoms with Crippen LogP contribution < -0.4 is 9.64 Å². The van der Waals surface area contributed by atoms with Crippen LogP contribution in [-0.4, -0.2) is 55.5 Å². The summed E-state index contributed by atoms with van der Waals surface area (Å²) >= 11 is 0. The first-order valence-electron chi connectivity index (χ1n) is 9.90. The van der Waals surface area contributed by atoms with Crippen LogP contribution in [-0.2, 0) is 9.59 Å². The fourth-order valence-corrected chi connectivity index (χ4v) is 3.46. The molecular formula is C24H27N2O4+. The van der Waals surface area contributed by atoms with Crippen molar-refractivity contribution >= 4 is 17.4 Å². The standard InChI is InChI=1S/C24H26N2O4/c1-4-16-30-19-12-10-18(11-13-19)22(27)20-21(17-8-6-5-7-9-17)26(15-14-25(2)3)24(29)23(20)28/h4-13,21,27H,1,14-16H2,2-3H3/p+1/t21-/m0/s1. The van der Waals surface area contributed by atoms with Crippen molar-refractivity contribution in [1.29, 1.82) is 0 Å². The minimum atomic E-state index is -0.665. The summed E-state index contributed by atoms with van der Waals surface area (Å²) in [6.07, 6.45) is 1.64. The van der Waals surface area contributed by atoms with Gasteiger partial charge in [-0.05, 0) is 29.8 Å². The number of likely N-dealkylation sites (N-methyl/N-ethyl adjacent to an activating group) is 1. The summed E-state index contributed by atoms with van der Waals surface area (Å²) in [6.45, 7) is 5.09. The van der Waals surface area contributed by atoms with Crippen LogP contribution in [0.2, 0.25) is 0 Å². The van der Waals surface area contributed by atoms with E-state index in [1.165, 1.54) is 4.90 Å². The second kappa shape index (κ2) is 9.41. The van der Waals surface area contributed by atoms with Gasteiger partial charge in [0.05, 0.1) is 38.8 Å². The molecule has 6 heteroatoms. The highest BCUT2D eigenvalue weighted by Gasteiger charge is 2.46. The number of carbonyl (C=O) groups excluding carboxylic acids is 2. The number of likely N-dealkylation sites (tertiary alicyclic amines) is 1. The average Bonchev–Trinajstić information content (AvgIpc) is 3.01. The molecule has 2 aromatic rings. The lowest BCUT2D eigenvalue weighted by Gasteiger charge is -2.25. The Balaban J connectivity index is 2.03. The van der Waals surface area contributed by atoms with Crippen molar-refractivity contribution in [3.63, 3.8) is 0 Å². The Morgan fingerprint density at radius 1 is 1.13 bits per heavy atom. The number of rotatable bonds is 8. The van der Waals surface area contributed by atoms with E-state index >= 15 is 0 Å². The van der Waals surface area contributed by atoms with E-state index in [-0.39, 0.29) is 11.3 Å². The van der Waals surface area contributed by atoms with Crippen molar-refractivity contribution < 1.29 is 24.3 Å². The number of hydrogen-bond donors (Lipinski definition) is 2. The van der Waals surface area contributed by atoms with E-state index in [1.807, 2.05) is 44.4 Å². The maximum absolute atomic E-state index is 12.9. The van der Waals surface area contributed by atoms with E-state index in [0.717, 1.165) is 5.56 Å². The topological polar surface area (TPSA) is 71.3 Å². The third-order valence-electron chi connectivity index (χ3n) is 5.00. The largest absolute Gasteiger partial charge is 0.507 e. The molecule has 0 saturated carbocycles. The van der Waals surface area contributed by atoms with E-state index in [4.69, 9.17) is 4.74 Å². The molecule has 0 spiro atoms. The van der Waals surface area contributed by atoms with Crippen molar-refractivity contribution in [1.82, 2.24) is 4.90 Å². The number of Topliss-reactive ketones (excluding diaryl/α,β-unsaturated/α-hetero) is 1.